The van der Waals surface area contributed by atoms with Crippen LogP contribution in [0.2, 0.25) is 0 Å². The Morgan fingerprint density at radius 1 is 1.11 bits per heavy atom. The Morgan fingerprint density at radius 2 is 1.78 bits per heavy atom. The van der Waals surface area contributed by atoms with Gasteiger partial charge in [0.15, 0.2) is 6.10 Å². The van der Waals surface area contributed by atoms with Crippen molar-refractivity contribution in [2.75, 3.05) is 13.2 Å². The first-order chi connectivity index (χ1) is 12.6. The number of carbonyl (C=O) groups excluding carboxylic acids is 3. The highest BCUT2D eigenvalue weighted by molar-refractivity contribution is 6.08. The lowest BCUT2D eigenvalue weighted by atomic mass is 9.99. The molecule has 0 saturated carbocycles. The number of hydrogen-bond acceptors (Lipinski definition) is 13. The Balaban J connectivity index is 1.78. The minimum absolute atomic E-state index is 0.436. The average molecular weight is 396 g/mol. The smallest absolute Gasteiger partial charge is 0.452 e. The third kappa shape index (κ3) is 4.90. The molecule has 13 nitrogen and oxygen atoms in total. The van der Waals surface area contributed by atoms with Gasteiger partial charge in [0.2, 0.25) is 18.2 Å². The Kier molecular flexibility index (Phi) is 7.05. The zero-order chi connectivity index (χ0) is 20.3. The maximum absolute atomic E-state index is 11.6. The molecule has 2 heterocycles. The highest BCUT2D eigenvalue weighted by Crippen LogP contribution is 2.22. The molecule has 2 aliphatic rings. The Labute approximate surface area is 151 Å². The highest BCUT2D eigenvalue weighted by Gasteiger charge is 2.46. The first kappa shape index (κ1) is 21.4. The number of cyclic esters (lactones) is 1. The van der Waals surface area contributed by atoms with Gasteiger partial charge in [0.25, 0.3) is 0 Å². The standard InChI is InChI=1S/C14H20O13/c15-2-6-8(18)9(19)11(21)13(26-6)27-14(23)24-3-4(16)1-5-7(17)10(20)12(22)25-5/h4-6,8-11,13,15-16,18-21H,1-3H2/t4-,5-,6?,8-,9-,10?,11?,13+/m1/s1. The average Bonchev–Trinajstić information content (AvgIpc) is 2.87. The third-order valence-electron chi connectivity index (χ3n) is 4.01. The SMILES string of the molecule is O=C(OC[C@H](O)C[C@H]1OC(=O)C(O)C1=O)O[C@@H]1OC(CO)[C@@H](O)[C@@H](O)C1O. The normalized spacial score (nSPS) is 37.6. The van der Waals surface area contributed by atoms with Crippen molar-refractivity contribution in [3.05, 3.63) is 0 Å². The van der Waals surface area contributed by atoms with Crippen molar-refractivity contribution in [2.45, 2.75) is 55.4 Å². The molecule has 0 amide bonds. The first-order valence-electron chi connectivity index (χ1n) is 7.90. The summed E-state index contributed by atoms with van der Waals surface area (Å²) in [6.45, 7) is -1.41. The van der Waals surface area contributed by atoms with Crippen LogP contribution >= 0.6 is 0 Å². The van der Waals surface area contributed by atoms with Gasteiger partial charge in [-0.3, -0.25) is 4.79 Å². The van der Waals surface area contributed by atoms with Gasteiger partial charge in [0, 0.05) is 6.42 Å². The molecule has 154 valence electrons. The molecular formula is C14H20O13. The summed E-state index contributed by atoms with van der Waals surface area (Å²) in [5, 5.41) is 56.8. The fourth-order valence-corrected chi connectivity index (χ4v) is 2.49. The maximum atomic E-state index is 11.6. The van der Waals surface area contributed by atoms with E-state index in [1.807, 2.05) is 0 Å². The van der Waals surface area contributed by atoms with Gasteiger partial charge in [-0.15, -0.1) is 0 Å². The molecule has 2 saturated heterocycles. The second kappa shape index (κ2) is 8.88. The molecule has 27 heavy (non-hydrogen) atoms. The quantitative estimate of drug-likeness (QED) is 0.185. The second-order valence-corrected chi connectivity index (χ2v) is 6.00. The van der Waals surface area contributed by atoms with E-state index < -0.39 is 86.6 Å². The molecule has 0 radical (unpaired) electrons. The van der Waals surface area contributed by atoms with Crippen LogP contribution in [0.15, 0.2) is 0 Å². The molecule has 0 spiro atoms. The van der Waals surface area contributed by atoms with Crippen molar-refractivity contribution in [3.63, 3.8) is 0 Å². The molecule has 2 aliphatic heterocycles. The topological polar surface area (TPSA) is 210 Å². The molecule has 6 N–H and O–H groups in total. The highest BCUT2D eigenvalue weighted by atomic mass is 16.8. The monoisotopic (exact) mass is 396 g/mol. The van der Waals surface area contributed by atoms with E-state index in [9.17, 15) is 34.8 Å². The zero-order valence-electron chi connectivity index (χ0n) is 13.8. The van der Waals surface area contributed by atoms with Crippen LogP contribution in [-0.2, 0) is 28.5 Å². The van der Waals surface area contributed by atoms with Gasteiger partial charge < -0.3 is 49.6 Å². The molecule has 13 heteroatoms. The van der Waals surface area contributed by atoms with Crippen molar-refractivity contribution < 1.29 is 64.0 Å². The van der Waals surface area contributed by atoms with Crippen molar-refractivity contribution in [3.8, 4) is 0 Å². The molecule has 2 fully saturated rings. The molecule has 8 atom stereocenters. The zero-order valence-corrected chi connectivity index (χ0v) is 13.8. The van der Waals surface area contributed by atoms with Crippen LogP contribution < -0.4 is 0 Å². The summed E-state index contributed by atoms with van der Waals surface area (Å²) in [6.07, 6.45) is -14.9. The fraction of sp³-hybridized carbons (Fsp3) is 0.786. The summed E-state index contributed by atoms with van der Waals surface area (Å²) in [6, 6.07) is 0. The number of aliphatic hydroxyl groups excluding tert-OH is 6. The fourth-order valence-electron chi connectivity index (χ4n) is 2.49. The molecule has 2 rings (SSSR count). The van der Waals surface area contributed by atoms with E-state index in [1.165, 1.54) is 0 Å². The van der Waals surface area contributed by atoms with Crippen LogP contribution in [0.1, 0.15) is 6.42 Å². The summed E-state index contributed by atoms with van der Waals surface area (Å²) in [5.41, 5.74) is 0. The van der Waals surface area contributed by atoms with Gasteiger partial charge in [-0.1, -0.05) is 0 Å². The third-order valence-corrected chi connectivity index (χ3v) is 4.01. The van der Waals surface area contributed by atoms with E-state index in [1.54, 1.807) is 0 Å². The maximum Gasteiger partial charge on any atom is 0.510 e. The van der Waals surface area contributed by atoms with E-state index in [2.05, 4.69) is 14.2 Å². The molecule has 0 aromatic heterocycles. The number of esters is 1. The van der Waals surface area contributed by atoms with Crippen LogP contribution in [0, 0.1) is 0 Å². The molecule has 0 aromatic rings. The Bertz CT molecular complexity index is 563. The summed E-state index contributed by atoms with van der Waals surface area (Å²) >= 11 is 0. The molecule has 0 aliphatic carbocycles. The predicted molar refractivity (Wildman–Crippen MR) is 77.7 cm³/mol. The lowest BCUT2D eigenvalue weighted by molar-refractivity contribution is -0.289. The minimum Gasteiger partial charge on any atom is -0.452 e. The number of aliphatic hydroxyl groups is 6. The van der Waals surface area contributed by atoms with Gasteiger partial charge in [-0.05, 0) is 0 Å². The van der Waals surface area contributed by atoms with Crippen molar-refractivity contribution >= 4 is 17.9 Å². The van der Waals surface area contributed by atoms with Gasteiger partial charge in [0.05, 0.1) is 12.7 Å². The van der Waals surface area contributed by atoms with Crippen LogP contribution in [0.4, 0.5) is 4.79 Å². The largest absolute Gasteiger partial charge is 0.510 e. The predicted octanol–water partition coefficient (Wildman–Crippen LogP) is -4.45. The number of ether oxygens (including phenoxy) is 4. The number of Topliss-reactive ketones (excluding diaryl/α,β-unsaturated/α-hetero) is 1. The van der Waals surface area contributed by atoms with Gasteiger partial charge in [0.1, 0.15) is 31.0 Å². The van der Waals surface area contributed by atoms with E-state index in [4.69, 9.17) is 14.9 Å². The van der Waals surface area contributed by atoms with Crippen LogP contribution in [-0.4, -0.2) is 111 Å². The number of ketones is 1. The number of rotatable bonds is 6. The Morgan fingerprint density at radius 3 is 2.33 bits per heavy atom. The summed E-state index contributed by atoms with van der Waals surface area (Å²) < 4.78 is 18.6. The number of carbonyl (C=O) groups is 3. The summed E-state index contributed by atoms with van der Waals surface area (Å²) in [7, 11) is 0. The minimum atomic E-state index is -1.92. The summed E-state index contributed by atoms with van der Waals surface area (Å²) in [4.78, 5) is 34.1. The van der Waals surface area contributed by atoms with Gasteiger partial charge in [-0.2, -0.15) is 0 Å². The van der Waals surface area contributed by atoms with Crippen LogP contribution in [0.3, 0.4) is 0 Å². The van der Waals surface area contributed by atoms with Crippen molar-refractivity contribution in [2.24, 2.45) is 0 Å². The van der Waals surface area contributed by atoms with Gasteiger partial charge >= 0.3 is 12.1 Å². The lowest BCUT2D eigenvalue weighted by Crippen LogP contribution is -2.59. The van der Waals surface area contributed by atoms with Crippen LogP contribution in [0.25, 0.3) is 0 Å². The molecule has 0 bridgehead atoms. The van der Waals surface area contributed by atoms with E-state index in [-0.39, 0.29) is 0 Å². The second-order valence-electron chi connectivity index (χ2n) is 6.00. The van der Waals surface area contributed by atoms with E-state index in [0.29, 0.717) is 0 Å². The van der Waals surface area contributed by atoms with Gasteiger partial charge in [-0.25, -0.2) is 9.59 Å². The summed E-state index contributed by atoms with van der Waals surface area (Å²) in [5.74, 6) is -2.07. The van der Waals surface area contributed by atoms with Crippen LogP contribution in [0.5, 0.6) is 0 Å². The van der Waals surface area contributed by atoms with E-state index in [0.717, 1.165) is 0 Å². The molecule has 0 aromatic carbocycles. The Hall–Kier alpha value is -1.87. The van der Waals surface area contributed by atoms with Crippen molar-refractivity contribution in [1.29, 1.82) is 0 Å². The lowest BCUT2D eigenvalue weighted by Gasteiger charge is -2.38. The molecular weight excluding hydrogens is 376 g/mol. The van der Waals surface area contributed by atoms with E-state index >= 15 is 0 Å². The first-order valence-corrected chi connectivity index (χ1v) is 7.90. The molecule has 3 unspecified atom stereocenters. The van der Waals surface area contributed by atoms with Crippen molar-refractivity contribution in [1.82, 2.24) is 0 Å². The number of hydrogen-bond donors (Lipinski definition) is 6.